The van der Waals surface area contributed by atoms with Gasteiger partial charge in [-0.25, -0.2) is 0 Å². The molecule has 0 aromatic carbocycles. The van der Waals surface area contributed by atoms with Crippen LogP contribution in [-0.2, 0) is 14.3 Å². The number of ether oxygens (including phenoxy) is 2. The molecule has 1 heterocycles. The molecule has 0 unspecified atom stereocenters. The van der Waals surface area contributed by atoms with E-state index in [9.17, 15) is 15.0 Å². The van der Waals surface area contributed by atoms with Gasteiger partial charge in [0, 0.05) is 92.8 Å². The Morgan fingerprint density at radius 1 is 0.875 bits per heavy atom. The van der Waals surface area contributed by atoms with Crippen molar-refractivity contribution in [3.8, 4) is 0 Å². The van der Waals surface area contributed by atoms with Gasteiger partial charge in [0.05, 0.1) is 19.8 Å². The third kappa shape index (κ3) is 15.9. The van der Waals surface area contributed by atoms with Gasteiger partial charge in [0.15, 0.2) is 6.29 Å². The standard InChI is InChI=1S/C22H43N5O5/c1-4-15-31-17-18-32-16-5-6-23-21(28)19-26-11-9-24(2)7-8-25(3)10-12-27(14-13-26)20-22(29)30/h2-3,22,29-30H,4-20H2,1H3,(H,23,28). The number of amides is 1. The maximum absolute atomic E-state index is 12.4. The van der Waals surface area contributed by atoms with Crippen LogP contribution >= 0.6 is 0 Å². The second kappa shape index (κ2) is 18.6. The average Bonchev–Trinajstić information content (AvgIpc) is 2.75. The molecular weight excluding hydrogens is 414 g/mol. The highest BCUT2D eigenvalue weighted by atomic mass is 16.5. The summed E-state index contributed by atoms with van der Waals surface area (Å²) in [4.78, 5) is 19.8. The summed E-state index contributed by atoms with van der Waals surface area (Å²) in [6.07, 6.45) is 0.333. The van der Waals surface area contributed by atoms with Crippen LogP contribution in [0.15, 0.2) is 0 Å². The quantitative estimate of drug-likeness (QED) is 0.233. The minimum atomic E-state index is -1.41. The molecule has 1 saturated heterocycles. The normalized spacial score (nSPS) is 19.1. The fourth-order valence-corrected chi connectivity index (χ4v) is 3.23. The lowest BCUT2D eigenvalue weighted by Gasteiger charge is -2.32. The van der Waals surface area contributed by atoms with E-state index in [0.29, 0.717) is 78.7 Å². The largest absolute Gasteiger partial charge is 0.379 e. The summed E-state index contributed by atoms with van der Waals surface area (Å²) >= 11 is 0. The molecular formula is C22H43N5O5. The number of hydrogen-bond acceptors (Lipinski definition) is 9. The zero-order chi connectivity index (χ0) is 23.6. The minimum absolute atomic E-state index is 0.0474. The first-order valence-corrected chi connectivity index (χ1v) is 11.6. The summed E-state index contributed by atoms with van der Waals surface area (Å²) in [6.45, 7) is 10.4. The number of carbonyl (C=O) groups excluding carboxylic acids is 1. The van der Waals surface area contributed by atoms with Crippen LogP contribution < -0.4 is 5.32 Å². The number of aliphatic hydroxyl groups is 2. The van der Waals surface area contributed by atoms with Gasteiger partial charge in [0.25, 0.3) is 0 Å². The third-order valence-electron chi connectivity index (χ3n) is 5.11. The molecule has 0 aromatic heterocycles. The molecule has 3 N–H and O–H groups in total. The van der Waals surface area contributed by atoms with Crippen LogP contribution in [0.4, 0.5) is 0 Å². The highest BCUT2D eigenvalue weighted by Crippen LogP contribution is 2.00. The summed E-state index contributed by atoms with van der Waals surface area (Å²) in [5.74, 6) is -0.0474. The second-order valence-electron chi connectivity index (χ2n) is 8.06. The van der Waals surface area contributed by atoms with E-state index < -0.39 is 6.29 Å². The highest BCUT2D eigenvalue weighted by Gasteiger charge is 2.17. The van der Waals surface area contributed by atoms with Crippen LogP contribution in [0.2, 0.25) is 0 Å². The fourth-order valence-electron chi connectivity index (χ4n) is 3.23. The Bertz CT molecular complexity index is 472. The van der Waals surface area contributed by atoms with Gasteiger partial charge in [0.2, 0.25) is 5.91 Å². The van der Waals surface area contributed by atoms with Crippen LogP contribution in [0.5, 0.6) is 0 Å². The van der Waals surface area contributed by atoms with E-state index in [2.05, 4.69) is 12.2 Å². The molecule has 186 valence electrons. The van der Waals surface area contributed by atoms with Gasteiger partial charge in [-0.1, -0.05) is 6.92 Å². The lowest BCUT2D eigenvalue weighted by atomic mass is 10.3. The zero-order valence-corrected chi connectivity index (χ0v) is 19.7. The third-order valence-corrected chi connectivity index (χ3v) is 5.11. The van der Waals surface area contributed by atoms with Crippen LogP contribution in [-0.4, -0.2) is 140 Å². The van der Waals surface area contributed by atoms with Gasteiger partial charge in [-0.15, -0.1) is 0 Å². The number of β-amino-alcohol motifs (C(OH)–C–C–N with tert-alkyl or cyclic N) is 2. The van der Waals surface area contributed by atoms with E-state index >= 15 is 0 Å². The van der Waals surface area contributed by atoms with Crippen molar-refractivity contribution in [3.63, 3.8) is 0 Å². The van der Waals surface area contributed by atoms with Crippen LogP contribution in [0.3, 0.4) is 0 Å². The summed E-state index contributed by atoms with van der Waals surface area (Å²) in [6, 6.07) is 0. The van der Waals surface area contributed by atoms with E-state index in [-0.39, 0.29) is 19.0 Å². The maximum Gasteiger partial charge on any atom is 0.234 e. The predicted molar refractivity (Wildman–Crippen MR) is 122 cm³/mol. The van der Waals surface area contributed by atoms with Gasteiger partial charge in [-0.05, 0) is 12.8 Å². The SMILES string of the molecule is [CH]N1CCN([CH])CCN(CC(O)O)CCN(CC(=O)NCCCOCCOCCC)CC1. The molecule has 10 nitrogen and oxygen atoms in total. The van der Waals surface area contributed by atoms with E-state index in [1.165, 1.54) is 0 Å². The van der Waals surface area contributed by atoms with Gasteiger partial charge in [-0.2, -0.15) is 0 Å². The minimum Gasteiger partial charge on any atom is -0.379 e. The summed E-state index contributed by atoms with van der Waals surface area (Å²) in [7, 11) is 12.0. The molecule has 0 bridgehead atoms. The maximum atomic E-state index is 12.4. The number of hydrogen-bond donors (Lipinski definition) is 3. The van der Waals surface area contributed by atoms with Crippen molar-refractivity contribution in [2.75, 3.05) is 98.4 Å². The first-order chi connectivity index (χ1) is 15.4. The Balaban J connectivity index is 2.38. The van der Waals surface area contributed by atoms with Gasteiger partial charge >= 0.3 is 0 Å². The monoisotopic (exact) mass is 457 g/mol. The average molecular weight is 458 g/mol. The molecule has 10 heteroatoms. The van der Waals surface area contributed by atoms with E-state index in [1.54, 1.807) is 9.80 Å². The number of nitrogens with zero attached hydrogens (tertiary/aromatic N) is 4. The van der Waals surface area contributed by atoms with Gasteiger partial charge < -0.3 is 25.0 Å². The van der Waals surface area contributed by atoms with Crippen molar-refractivity contribution in [3.05, 3.63) is 14.1 Å². The molecule has 1 rings (SSSR count). The van der Waals surface area contributed by atoms with Crippen molar-refractivity contribution in [1.29, 1.82) is 0 Å². The summed E-state index contributed by atoms with van der Waals surface area (Å²) in [5.41, 5.74) is 0. The van der Waals surface area contributed by atoms with Crippen LogP contribution in [0, 0.1) is 14.1 Å². The molecule has 0 aliphatic carbocycles. The Labute approximate surface area is 194 Å². The van der Waals surface area contributed by atoms with Crippen molar-refractivity contribution in [2.45, 2.75) is 26.1 Å². The van der Waals surface area contributed by atoms with E-state index in [4.69, 9.17) is 23.6 Å². The van der Waals surface area contributed by atoms with Crippen molar-refractivity contribution in [2.24, 2.45) is 0 Å². The molecule has 32 heavy (non-hydrogen) atoms. The Kier molecular flexibility index (Phi) is 16.9. The number of rotatable bonds is 13. The lowest BCUT2D eigenvalue weighted by molar-refractivity contribution is -0.122. The van der Waals surface area contributed by atoms with Crippen LogP contribution in [0.1, 0.15) is 19.8 Å². The molecule has 0 spiro atoms. The molecule has 1 aliphatic rings. The second-order valence-corrected chi connectivity index (χ2v) is 8.06. The Morgan fingerprint density at radius 2 is 1.41 bits per heavy atom. The molecule has 1 amide bonds. The first kappa shape index (κ1) is 29.2. The molecule has 0 saturated carbocycles. The van der Waals surface area contributed by atoms with Crippen LogP contribution in [0.25, 0.3) is 0 Å². The first-order valence-electron chi connectivity index (χ1n) is 11.6. The van der Waals surface area contributed by atoms with E-state index in [0.717, 1.165) is 19.4 Å². The topological polar surface area (TPSA) is 101 Å². The number of aliphatic hydroxyl groups excluding tert-OH is 1. The predicted octanol–water partition coefficient (Wildman–Crippen LogP) is -1.19. The van der Waals surface area contributed by atoms with Crippen molar-refractivity contribution >= 4 is 5.91 Å². The highest BCUT2D eigenvalue weighted by molar-refractivity contribution is 5.77. The summed E-state index contributed by atoms with van der Waals surface area (Å²) < 4.78 is 10.8. The number of carbonyl (C=O) groups is 1. The lowest BCUT2D eigenvalue weighted by Crippen LogP contribution is -2.47. The Hall–Kier alpha value is -0.850. The van der Waals surface area contributed by atoms with Crippen molar-refractivity contribution in [1.82, 2.24) is 24.9 Å². The zero-order valence-electron chi connectivity index (χ0n) is 19.7. The molecule has 1 aliphatic heterocycles. The molecule has 0 atom stereocenters. The molecule has 1 fully saturated rings. The van der Waals surface area contributed by atoms with Gasteiger partial charge in [-0.3, -0.25) is 24.4 Å². The summed E-state index contributed by atoms with van der Waals surface area (Å²) in [5, 5.41) is 21.7. The van der Waals surface area contributed by atoms with Gasteiger partial charge in [0.1, 0.15) is 0 Å². The number of nitrogens with one attached hydrogen (secondary N) is 1. The van der Waals surface area contributed by atoms with Crippen molar-refractivity contribution < 1.29 is 24.5 Å². The molecule has 4 radical (unpaired) electrons. The fraction of sp³-hybridized carbons (Fsp3) is 0.864. The van der Waals surface area contributed by atoms with E-state index in [1.807, 2.05) is 9.80 Å². The smallest absolute Gasteiger partial charge is 0.234 e. The molecule has 0 aromatic rings. The Morgan fingerprint density at radius 3 is 2.03 bits per heavy atom.